The highest BCUT2D eigenvalue weighted by atomic mass is 16.6. The lowest BCUT2D eigenvalue weighted by Crippen LogP contribution is -2.42. The van der Waals surface area contributed by atoms with Gasteiger partial charge in [-0.05, 0) is 24.9 Å². The predicted octanol–water partition coefficient (Wildman–Crippen LogP) is 0.842. The molecule has 1 aliphatic heterocycles. The summed E-state index contributed by atoms with van der Waals surface area (Å²) in [6.45, 7) is 1.24. The lowest BCUT2D eigenvalue weighted by atomic mass is 9.96. The van der Waals surface area contributed by atoms with E-state index in [1.807, 2.05) is 30.3 Å². The van der Waals surface area contributed by atoms with Crippen LogP contribution in [0.4, 0.5) is 5.69 Å². The van der Waals surface area contributed by atoms with Crippen LogP contribution in [0.2, 0.25) is 0 Å². The van der Waals surface area contributed by atoms with Gasteiger partial charge in [0.1, 0.15) is 0 Å². The second-order valence-electron chi connectivity index (χ2n) is 7.42. The SMILES string of the molecule is O=C(CNCCc1ccccc1)N1CCc2c([N+](=O)[O-])cc3[nH]c(=O)c(=O)[nH]c3c2C1. The van der Waals surface area contributed by atoms with Gasteiger partial charge in [-0.2, -0.15) is 0 Å². The van der Waals surface area contributed by atoms with Gasteiger partial charge in [0.25, 0.3) is 5.69 Å². The number of carbonyl (C=O) groups is 1. The van der Waals surface area contributed by atoms with E-state index in [2.05, 4.69) is 15.3 Å². The van der Waals surface area contributed by atoms with Gasteiger partial charge in [0.15, 0.2) is 0 Å². The van der Waals surface area contributed by atoms with E-state index in [0.29, 0.717) is 36.2 Å². The van der Waals surface area contributed by atoms with Crippen LogP contribution < -0.4 is 16.4 Å². The summed E-state index contributed by atoms with van der Waals surface area (Å²) in [6, 6.07) is 11.2. The van der Waals surface area contributed by atoms with Crippen LogP contribution in [0.1, 0.15) is 16.7 Å². The maximum absolute atomic E-state index is 12.7. The standard InChI is InChI=1S/C21H21N5O5/c27-18(11-22-8-6-13-4-2-1-3-5-13)25-9-7-14-15(12-25)19-16(10-17(14)26(30)31)23-20(28)21(29)24-19/h1-5,10,22H,6-9,11-12H2,(H,23,28)(H,24,29). The van der Waals surface area contributed by atoms with Crippen molar-refractivity contribution in [3.05, 3.63) is 83.9 Å². The third-order valence-corrected chi connectivity index (χ3v) is 5.46. The average Bonchev–Trinajstić information content (AvgIpc) is 2.77. The summed E-state index contributed by atoms with van der Waals surface area (Å²) in [5.74, 6) is -0.134. The van der Waals surface area contributed by atoms with Crippen LogP contribution in [0.15, 0.2) is 46.0 Å². The Morgan fingerprint density at radius 3 is 2.61 bits per heavy atom. The van der Waals surface area contributed by atoms with Crippen molar-refractivity contribution in [2.45, 2.75) is 19.4 Å². The zero-order chi connectivity index (χ0) is 22.0. The van der Waals surface area contributed by atoms with Crippen molar-refractivity contribution in [1.29, 1.82) is 0 Å². The molecule has 4 rings (SSSR count). The van der Waals surface area contributed by atoms with E-state index >= 15 is 0 Å². The summed E-state index contributed by atoms with van der Waals surface area (Å²) in [7, 11) is 0. The quantitative estimate of drug-likeness (QED) is 0.232. The molecule has 0 fully saturated rings. The molecule has 3 N–H and O–H groups in total. The largest absolute Gasteiger partial charge is 0.337 e. The molecule has 2 heterocycles. The average molecular weight is 423 g/mol. The van der Waals surface area contributed by atoms with Crippen molar-refractivity contribution >= 4 is 22.6 Å². The predicted molar refractivity (Wildman–Crippen MR) is 114 cm³/mol. The summed E-state index contributed by atoms with van der Waals surface area (Å²) in [4.78, 5) is 53.7. The molecular formula is C21H21N5O5. The number of nitrogens with zero attached hydrogens (tertiary/aromatic N) is 2. The molecule has 0 bridgehead atoms. The van der Waals surface area contributed by atoms with Crippen LogP contribution in [-0.2, 0) is 24.2 Å². The molecule has 160 valence electrons. The van der Waals surface area contributed by atoms with Gasteiger partial charge in [-0.25, -0.2) is 0 Å². The van der Waals surface area contributed by atoms with E-state index in [9.17, 15) is 24.5 Å². The lowest BCUT2D eigenvalue weighted by molar-refractivity contribution is -0.385. The van der Waals surface area contributed by atoms with Crippen molar-refractivity contribution in [3.63, 3.8) is 0 Å². The number of aromatic nitrogens is 2. The Balaban J connectivity index is 1.52. The lowest BCUT2D eigenvalue weighted by Gasteiger charge is -2.29. The Morgan fingerprint density at radius 1 is 1.13 bits per heavy atom. The summed E-state index contributed by atoms with van der Waals surface area (Å²) in [5.41, 5.74) is 0.778. The van der Waals surface area contributed by atoms with Gasteiger partial charge >= 0.3 is 11.1 Å². The van der Waals surface area contributed by atoms with Crippen LogP contribution in [0.5, 0.6) is 0 Å². The molecule has 3 aromatic rings. The zero-order valence-electron chi connectivity index (χ0n) is 16.6. The number of carbonyl (C=O) groups excluding carboxylic acids is 1. The molecule has 1 aliphatic rings. The first kappa shape index (κ1) is 20.5. The molecule has 2 aromatic carbocycles. The number of benzene rings is 2. The van der Waals surface area contributed by atoms with Gasteiger partial charge in [-0.3, -0.25) is 24.5 Å². The molecule has 0 saturated heterocycles. The topological polar surface area (TPSA) is 141 Å². The summed E-state index contributed by atoms with van der Waals surface area (Å²) >= 11 is 0. The van der Waals surface area contributed by atoms with E-state index in [0.717, 1.165) is 6.42 Å². The maximum atomic E-state index is 12.7. The van der Waals surface area contributed by atoms with Gasteiger partial charge in [0.05, 0.1) is 22.5 Å². The van der Waals surface area contributed by atoms with Crippen molar-refractivity contribution in [2.24, 2.45) is 0 Å². The van der Waals surface area contributed by atoms with Crippen molar-refractivity contribution < 1.29 is 9.72 Å². The molecular weight excluding hydrogens is 402 g/mol. The van der Waals surface area contributed by atoms with Gasteiger partial charge in [0, 0.05) is 30.3 Å². The number of amides is 1. The molecule has 31 heavy (non-hydrogen) atoms. The fourth-order valence-corrected chi connectivity index (χ4v) is 3.89. The molecule has 0 unspecified atom stereocenters. The van der Waals surface area contributed by atoms with Crippen LogP contribution >= 0.6 is 0 Å². The molecule has 0 radical (unpaired) electrons. The molecule has 10 heteroatoms. The molecule has 1 aromatic heterocycles. The highest BCUT2D eigenvalue weighted by Gasteiger charge is 2.29. The summed E-state index contributed by atoms with van der Waals surface area (Å²) in [5, 5.41) is 14.7. The normalized spacial score (nSPS) is 13.2. The van der Waals surface area contributed by atoms with Crippen molar-refractivity contribution in [3.8, 4) is 0 Å². The fourth-order valence-electron chi connectivity index (χ4n) is 3.89. The number of hydrogen-bond donors (Lipinski definition) is 3. The maximum Gasteiger partial charge on any atom is 0.314 e. The van der Waals surface area contributed by atoms with E-state index in [4.69, 9.17) is 0 Å². The number of rotatable bonds is 6. The third-order valence-electron chi connectivity index (χ3n) is 5.46. The van der Waals surface area contributed by atoms with E-state index in [-0.39, 0.29) is 30.2 Å². The van der Waals surface area contributed by atoms with Crippen LogP contribution in [0.3, 0.4) is 0 Å². The number of hydrogen-bond acceptors (Lipinski definition) is 6. The smallest absolute Gasteiger partial charge is 0.314 e. The third kappa shape index (κ3) is 4.24. The minimum absolute atomic E-state index is 0.120. The Morgan fingerprint density at radius 2 is 1.87 bits per heavy atom. The molecule has 1 amide bonds. The number of H-pyrrole nitrogens is 2. The molecule has 10 nitrogen and oxygen atoms in total. The number of fused-ring (bicyclic) bond motifs is 3. The highest BCUT2D eigenvalue weighted by Crippen LogP contribution is 2.32. The zero-order valence-corrected chi connectivity index (χ0v) is 16.6. The van der Waals surface area contributed by atoms with Crippen LogP contribution in [0.25, 0.3) is 11.0 Å². The van der Waals surface area contributed by atoms with E-state index < -0.39 is 16.0 Å². The highest BCUT2D eigenvalue weighted by molar-refractivity contribution is 5.85. The summed E-state index contributed by atoms with van der Waals surface area (Å²) < 4.78 is 0. The number of nitro benzene ring substituents is 1. The monoisotopic (exact) mass is 423 g/mol. The number of nitro groups is 1. The van der Waals surface area contributed by atoms with Crippen LogP contribution in [0, 0.1) is 10.1 Å². The molecule has 0 atom stereocenters. The summed E-state index contributed by atoms with van der Waals surface area (Å²) in [6.07, 6.45) is 1.08. The molecule has 0 aliphatic carbocycles. The Bertz CT molecular complexity index is 1260. The van der Waals surface area contributed by atoms with E-state index in [1.165, 1.54) is 11.6 Å². The van der Waals surface area contributed by atoms with Crippen LogP contribution in [-0.4, -0.2) is 45.3 Å². The number of aromatic amines is 2. The molecule has 0 spiro atoms. The Hall–Kier alpha value is -3.79. The van der Waals surface area contributed by atoms with Crippen molar-refractivity contribution in [1.82, 2.24) is 20.2 Å². The molecule has 0 saturated carbocycles. The first-order valence-electron chi connectivity index (χ1n) is 9.92. The Kier molecular flexibility index (Phi) is 5.63. The van der Waals surface area contributed by atoms with Crippen molar-refractivity contribution in [2.75, 3.05) is 19.6 Å². The first-order chi connectivity index (χ1) is 14.9. The Labute approximate surface area is 176 Å². The minimum Gasteiger partial charge on any atom is -0.337 e. The van der Waals surface area contributed by atoms with Gasteiger partial charge in [-0.15, -0.1) is 0 Å². The van der Waals surface area contributed by atoms with Gasteiger partial charge in [-0.1, -0.05) is 30.3 Å². The fraction of sp³-hybridized carbons (Fsp3) is 0.286. The first-order valence-corrected chi connectivity index (χ1v) is 9.92. The van der Waals surface area contributed by atoms with E-state index in [1.54, 1.807) is 4.90 Å². The van der Waals surface area contributed by atoms with Gasteiger partial charge < -0.3 is 20.2 Å². The second kappa shape index (κ2) is 8.52. The number of nitrogens with one attached hydrogen (secondary N) is 3. The minimum atomic E-state index is -0.881. The second-order valence-corrected chi connectivity index (χ2v) is 7.42. The van der Waals surface area contributed by atoms with Gasteiger partial charge in [0.2, 0.25) is 5.91 Å².